The molecule has 0 aliphatic carbocycles. The molecule has 1 amide bonds. The third-order valence-electron chi connectivity index (χ3n) is 2.05. The first kappa shape index (κ1) is 14.0. The van der Waals surface area contributed by atoms with Crippen LogP contribution in [0.5, 0.6) is 0 Å². The predicted molar refractivity (Wildman–Crippen MR) is 58.9 cm³/mol. The van der Waals surface area contributed by atoms with Crippen LogP contribution in [0.3, 0.4) is 0 Å². The van der Waals surface area contributed by atoms with Crippen molar-refractivity contribution in [2.45, 2.75) is 6.42 Å². The number of carboxylic acid groups (broad SMARTS) is 1. The molecular formula is C10H6FN3O5. The minimum absolute atomic E-state index is 0.613. The monoisotopic (exact) mass is 267 g/mol. The summed E-state index contributed by atoms with van der Waals surface area (Å²) in [5.74, 6) is -3.97. The number of anilines is 1. The van der Waals surface area contributed by atoms with E-state index in [2.05, 4.69) is 0 Å². The number of hydrogen-bond donors (Lipinski definition) is 2. The van der Waals surface area contributed by atoms with Crippen LogP contribution in [0.1, 0.15) is 16.8 Å². The number of nitrogens with one attached hydrogen (secondary N) is 1. The average Bonchev–Trinajstić information content (AvgIpc) is 2.28. The number of aromatic carboxylic acids is 1. The third kappa shape index (κ3) is 3.01. The highest BCUT2D eigenvalue weighted by Crippen LogP contribution is 2.30. The quantitative estimate of drug-likeness (QED) is 0.623. The number of nitro groups is 1. The maximum Gasteiger partial charge on any atom is 0.341 e. The SMILES string of the molecule is N#CCC(=O)Nc1c([N+](=O)[O-])ccc(F)c1C(=O)O. The maximum absolute atomic E-state index is 13.4. The molecule has 0 aliphatic heterocycles. The molecule has 1 rings (SSSR count). The van der Waals surface area contributed by atoms with Gasteiger partial charge >= 0.3 is 5.97 Å². The second kappa shape index (κ2) is 5.54. The van der Waals surface area contributed by atoms with E-state index in [9.17, 15) is 24.1 Å². The Labute approximate surface area is 105 Å². The molecule has 2 N–H and O–H groups in total. The summed E-state index contributed by atoms with van der Waals surface area (Å²) in [6.07, 6.45) is -0.646. The first-order valence-electron chi connectivity index (χ1n) is 4.75. The van der Waals surface area contributed by atoms with E-state index in [-0.39, 0.29) is 0 Å². The zero-order chi connectivity index (χ0) is 14.6. The fourth-order valence-electron chi connectivity index (χ4n) is 1.31. The lowest BCUT2D eigenvalue weighted by atomic mass is 10.1. The van der Waals surface area contributed by atoms with Gasteiger partial charge in [0.15, 0.2) is 0 Å². The van der Waals surface area contributed by atoms with E-state index in [1.807, 2.05) is 5.32 Å². The maximum atomic E-state index is 13.4. The summed E-state index contributed by atoms with van der Waals surface area (Å²) in [5.41, 5.74) is -2.58. The molecule has 1 aromatic rings. The smallest absolute Gasteiger partial charge is 0.341 e. The van der Waals surface area contributed by atoms with Crippen molar-refractivity contribution in [1.29, 1.82) is 5.26 Å². The van der Waals surface area contributed by atoms with Gasteiger partial charge in [-0.25, -0.2) is 9.18 Å². The highest BCUT2D eigenvalue weighted by molar-refractivity contribution is 6.03. The molecule has 0 heterocycles. The van der Waals surface area contributed by atoms with E-state index < -0.39 is 46.0 Å². The van der Waals surface area contributed by atoms with Crippen molar-refractivity contribution >= 4 is 23.3 Å². The van der Waals surface area contributed by atoms with Gasteiger partial charge in [-0.1, -0.05) is 0 Å². The number of carbonyl (C=O) groups is 2. The molecular weight excluding hydrogens is 261 g/mol. The van der Waals surface area contributed by atoms with Crippen LogP contribution in [0.25, 0.3) is 0 Å². The predicted octanol–water partition coefficient (Wildman–Crippen LogP) is 1.28. The minimum atomic E-state index is -1.77. The van der Waals surface area contributed by atoms with Crippen LogP contribution in [-0.4, -0.2) is 21.9 Å². The van der Waals surface area contributed by atoms with Gasteiger partial charge < -0.3 is 10.4 Å². The van der Waals surface area contributed by atoms with E-state index in [0.29, 0.717) is 6.07 Å². The number of halogens is 1. The molecule has 0 fully saturated rings. The highest BCUT2D eigenvalue weighted by Gasteiger charge is 2.26. The van der Waals surface area contributed by atoms with Crippen LogP contribution in [0.2, 0.25) is 0 Å². The molecule has 0 bridgehead atoms. The Bertz CT molecular complexity index is 608. The van der Waals surface area contributed by atoms with Crippen molar-refractivity contribution in [2.24, 2.45) is 0 Å². The molecule has 98 valence electrons. The van der Waals surface area contributed by atoms with Gasteiger partial charge in [-0.2, -0.15) is 5.26 Å². The number of nitrogens with zero attached hydrogens (tertiary/aromatic N) is 2. The second-order valence-electron chi connectivity index (χ2n) is 3.26. The molecule has 8 nitrogen and oxygen atoms in total. The fourth-order valence-corrected chi connectivity index (χ4v) is 1.31. The Morgan fingerprint density at radius 1 is 1.53 bits per heavy atom. The van der Waals surface area contributed by atoms with Gasteiger partial charge in [-0.05, 0) is 6.07 Å². The van der Waals surface area contributed by atoms with Crippen LogP contribution >= 0.6 is 0 Å². The number of amides is 1. The van der Waals surface area contributed by atoms with E-state index in [0.717, 1.165) is 6.07 Å². The summed E-state index contributed by atoms with van der Waals surface area (Å²) in [6.45, 7) is 0. The van der Waals surface area contributed by atoms with Crippen LogP contribution < -0.4 is 5.32 Å². The van der Waals surface area contributed by atoms with Crippen LogP contribution in [0.15, 0.2) is 12.1 Å². The Morgan fingerprint density at radius 3 is 2.63 bits per heavy atom. The Balaban J connectivity index is 3.42. The third-order valence-corrected chi connectivity index (χ3v) is 2.05. The highest BCUT2D eigenvalue weighted by atomic mass is 19.1. The second-order valence-corrected chi connectivity index (χ2v) is 3.26. The minimum Gasteiger partial charge on any atom is -0.478 e. The van der Waals surface area contributed by atoms with Gasteiger partial charge in [-0.15, -0.1) is 0 Å². The number of hydrogen-bond acceptors (Lipinski definition) is 5. The number of carboxylic acids is 1. The molecule has 0 aromatic heterocycles. The number of nitriles is 1. The molecule has 0 atom stereocenters. The Kier molecular flexibility index (Phi) is 4.10. The topological polar surface area (TPSA) is 133 Å². The normalized spacial score (nSPS) is 9.47. The van der Waals surface area contributed by atoms with Crippen molar-refractivity contribution in [1.82, 2.24) is 0 Å². The van der Waals surface area contributed by atoms with Crippen molar-refractivity contribution in [3.8, 4) is 6.07 Å². The van der Waals surface area contributed by atoms with E-state index >= 15 is 0 Å². The number of rotatable bonds is 4. The van der Waals surface area contributed by atoms with Gasteiger partial charge in [0.2, 0.25) is 5.91 Å². The molecule has 0 radical (unpaired) electrons. The van der Waals surface area contributed by atoms with Gasteiger partial charge in [0.1, 0.15) is 23.5 Å². The summed E-state index contributed by atoms with van der Waals surface area (Å²) in [5, 5.41) is 29.7. The Morgan fingerprint density at radius 2 is 2.16 bits per heavy atom. The number of nitro benzene ring substituents is 1. The van der Waals surface area contributed by atoms with Gasteiger partial charge in [0.25, 0.3) is 5.69 Å². The number of carbonyl (C=O) groups excluding carboxylic acids is 1. The Hall–Kier alpha value is -3.02. The van der Waals surface area contributed by atoms with E-state index in [1.165, 1.54) is 6.07 Å². The van der Waals surface area contributed by atoms with E-state index in [4.69, 9.17) is 10.4 Å². The van der Waals surface area contributed by atoms with Gasteiger partial charge in [-0.3, -0.25) is 14.9 Å². The first-order chi connectivity index (χ1) is 8.88. The summed E-state index contributed by atoms with van der Waals surface area (Å²) in [6, 6.07) is 2.82. The molecule has 0 saturated carbocycles. The van der Waals surface area contributed by atoms with Crippen molar-refractivity contribution in [2.75, 3.05) is 5.32 Å². The zero-order valence-electron chi connectivity index (χ0n) is 9.21. The molecule has 0 aliphatic rings. The standard InChI is InChI=1S/C10H6FN3O5/c11-5-1-2-6(14(18)19)9(8(5)10(16)17)13-7(15)3-4-12/h1-2H,3H2,(H,13,15)(H,16,17). The summed E-state index contributed by atoms with van der Waals surface area (Å²) in [4.78, 5) is 31.8. The molecule has 0 spiro atoms. The first-order valence-corrected chi connectivity index (χ1v) is 4.75. The molecule has 19 heavy (non-hydrogen) atoms. The fraction of sp³-hybridized carbons (Fsp3) is 0.100. The van der Waals surface area contributed by atoms with Crippen molar-refractivity contribution in [3.05, 3.63) is 33.6 Å². The molecule has 9 heteroatoms. The number of benzene rings is 1. The van der Waals surface area contributed by atoms with Gasteiger partial charge in [0, 0.05) is 6.07 Å². The molecule has 0 unspecified atom stereocenters. The lowest BCUT2D eigenvalue weighted by molar-refractivity contribution is -0.384. The average molecular weight is 267 g/mol. The van der Waals surface area contributed by atoms with E-state index in [1.54, 1.807) is 0 Å². The molecule has 1 aromatic carbocycles. The lowest BCUT2D eigenvalue weighted by Gasteiger charge is -2.08. The summed E-state index contributed by atoms with van der Waals surface area (Å²) < 4.78 is 13.4. The van der Waals surface area contributed by atoms with Crippen LogP contribution in [0.4, 0.5) is 15.8 Å². The van der Waals surface area contributed by atoms with Crippen LogP contribution in [0, 0.1) is 27.3 Å². The summed E-state index contributed by atoms with van der Waals surface area (Å²) >= 11 is 0. The van der Waals surface area contributed by atoms with Crippen LogP contribution in [-0.2, 0) is 4.79 Å². The lowest BCUT2D eigenvalue weighted by Crippen LogP contribution is -2.16. The molecule has 0 saturated heterocycles. The summed E-state index contributed by atoms with van der Waals surface area (Å²) in [7, 11) is 0. The largest absolute Gasteiger partial charge is 0.478 e. The van der Waals surface area contributed by atoms with Gasteiger partial charge in [0.05, 0.1) is 11.0 Å². The van der Waals surface area contributed by atoms with Crippen molar-refractivity contribution < 1.29 is 24.0 Å². The zero-order valence-corrected chi connectivity index (χ0v) is 9.21. The van der Waals surface area contributed by atoms with Crippen molar-refractivity contribution in [3.63, 3.8) is 0 Å².